The van der Waals surface area contributed by atoms with E-state index in [-0.39, 0.29) is 0 Å². The minimum Gasteiger partial charge on any atom is -0.379 e. The Morgan fingerprint density at radius 1 is 0.250 bits per heavy atom. The van der Waals surface area contributed by atoms with Crippen LogP contribution in [0.1, 0.15) is 32.6 Å². The van der Waals surface area contributed by atoms with Gasteiger partial charge in [-0.3, -0.25) is 0 Å². The molecule has 0 saturated carbocycles. The van der Waals surface area contributed by atoms with E-state index >= 15 is 0 Å². The molecule has 14 nitrogen and oxygen atoms in total. The molecule has 0 aliphatic carbocycles. The second kappa shape index (κ2) is 44.5. The van der Waals surface area contributed by atoms with Gasteiger partial charge in [0.15, 0.2) is 0 Å². The molecule has 0 fully saturated rings. The van der Waals surface area contributed by atoms with Gasteiger partial charge in [-0.1, -0.05) is 26.2 Å². The lowest BCUT2D eigenvalue weighted by atomic mass is 10.2. The summed E-state index contributed by atoms with van der Waals surface area (Å²) in [4.78, 5) is 2.08. The van der Waals surface area contributed by atoms with Gasteiger partial charge in [-0.25, -0.2) is 0 Å². The second-order valence-corrected chi connectivity index (χ2v) is 10.8. The zero-order chi connectivity index (χ0) is 34.7. The lowest BCUT2D eigenvalue weighted by molar-refractivity contribution is -0.0291. The summed E-state index contributed by atoms with van der Waals surface area (Å²) in [6, 6.07) is 0. The third kappa shape index (κ3) is 45.4. The van der Waals surface area contributed by atoms with Crippen molar-refractivity contribution in [1.29, 1.82) is 0 Å². The van der Waals surface area contributed by atoms with E-state index in [0.29, 0.717) is 159 Å². The first-order chi connectivity index (χ1) is 23.8. The van der Waals surface area contributed by atoms with Crippen LogP contribution in [-0.4, -0.2) is 197 Å². The molecule has 0 bridgehead atoms. The Kier molecular flexibility index (Phi) is 43.9. The number of nitrogens with zero attached hydrogens (tertiary/aromatic N) is 1. The molecule has 0 rings (SSSR count). The fraction of sp³-hybridized carbons (Fsp3) is 1.00. The van der Waals surface area contributed by atoms with Gasteiger partial charge in [0.25, 0.3) is 0 Å². The second-order valence-electron chi connectivity index (χ2n) is 10.8. The summed E-state index contributed by atoms with van der Waals surface area (Å²) < 4.78 is 71.3. The van der Waals surface area contributed by atoms with E-state index in [1.54, 1.807) is 0 Å². The van der Waals surface area contributed by atoms with Gasteiger partial charge < -0.3 is 66.5 Å². The van der Waals surface area contributed by atoms with Crippen molar-refractivity contribution in [3.05, 3.63) is 0 Å². The molecule has 0 N–H and O–H groups in total. The summed E-state index contributed by atoms with van der Waals surface area (Å²) in [5.74, 6) is 0. The Labute approximate surface area is 291 Å². The Hall–Kier alpha value is -0.560. The van der Waals surface area contributed by atoms with Crippen LogP contribution in [-0.2, 0) is 61.6 Å². The first-order valence-electron chi connectivity index (χ1n) is 17.9. The van der Waals surface area contributed by atoms with Gasteiger partial charge in [0.2, 0.25) is 0 Å². The SMILES string of the molecule is CCCCCCOCCOCCOCCOCCOCCOCCOCCOCCOCCOCCOCCOCCOCCN(C)C. The molecule has 0 heterocycles. The Balaban J connectivity index is 3.04. The van der Waals surface area contributed by atoms with Crippen molar-refractivity contribution < 1.29 is 61.6 Å². The van der Waals surface area contributed by atoms with Crippen LogP contribution < -0.4 is 0 Å². The van der Waals surface area contributed by atoms with Crippen LogP contribution in [0.5, 0.6) is 0 Å². The molecule has 0 aliphatic rings. The van der Waals surface area contributed by atoms with E-state index in [1.165, 1.54) is 19.3 Å². The lowest BCUT2D eigenvalue weighted by Gasteiger charge is -2.10. The van der Waals surface area contributed by atoms with Crippen molar-refractivity contribution >= 4 is 0 Å². The number of hydrogen-bond donors (Lipinski definition) is 0. The maximum atomic E-state index is 5.53. The van der Waals surface area contributed by atoms with Crippen molar-refractivity contribution in [1.82, 2.24) is 4.90 Å². The van der Waals surface area contributed by atoms with Crippen LogP contribution in [0.25, 0.3) is 0 Å². The fourth-order valence-corrected chi connectivity index (χ4v) is 3.62. The summed E-state index contributed by atoms with van der Waals surface area (Å²) in [6.45, 7) is 17.7. The normalized spacial score (nSPS) is 11.8. The molecular weight excluding hydrogens is 630 g/mol. The standard InChI is InChI=1S/C34H71NO13/c1-4-5-6-7-9-36-11-13-38-15-17-40-19-21-42-23-25-44-27-29-46-31-33-48-34-32-47-30-28-45-26-24-43-22-20-41-18-16-39-14-12-37-10-8-35(2)3/h4-34H2,1-3H3. The van der Waals surface area contributed by atoms with Crippen molar-refractivity contribution in [2.75, 3.05) is 192 Å². The maximum Gasteiger partial charge on any atom is 0.0701 e. The van der Waals surface area contributed by atoms with Crippen LogP contribution in [0.4, 0.5) is 0 Å². The number of hydrogen-bond acceptors (Lipinski definition) is 14. The van der Waals surface area contributed by atoms with E-state index in [0.717, 1.165) is 26.2 Å². The summed E-state index contributed by atoms with van der Waals surface area (Å²) in [5.41, 5.74) is 0. The summed E-state index contributed by atoms with van der Waals surface area (Å²) in [5, 5.41) is 0. The highest BCUT2D eigenvalue weighted by Crippen LogP contribution is 1.98. The quantitative estimate of drug-likeness (QED) is 0.0864. The van der Waals surface area contributed by atoms with Crippen molar-refractivity contribution in [2.45, 2.75) is 32.6 Å². The number of likely N-dealkylation sites (N-methyl/N-ethyl adjacent to an activating group) is 1. The van der Waals surface area contributed by atoms with Gasteiger partial charge in [0.1, 0.15) is 0 Å². The van der Waals surface area contributed by atoms with Gasteiger partial charge in [-0.05, 0) is 20.5 Å². The van der Waals surface area contributed by atoms with Crippen molar-refractivity contribution in [3.63, 3.8) is 0 Å². The Morgan fingerprint density at radius 3 is 0.667 bits per heavy atom. The van der Waals surface area contributed by atoms with Crippen LogP contribution >= 0.6 is 0 Å². The molecule has 0 radical (unpaired) electrons. The van der Waals surface area contributed by atoms with E-state index in [9.17, 15) is 0 Å². The minimum absolute atomic E-state index is 0.515. The van der Waals surface area contributed by atoms with Gasteiger partial charge in [-0.15, -0.1) is 0 Å². The van der Waals surface area contributed by atoms with Gasteiger partial charge in [0.05, 0.1) is 165 Å². The third-order valence-corrected chi connectivity index (χ3v) is 6.29. The molecule has 0 aliphatic heterocycles. The number of unbranched alkanes of at least 4 members (excludes halogenated alkanes) is 3. The summed E-state index contributed by atoms with van der Waals surface area (Å²) in [6.07, 6.45) is 4.90. The largest absolute Gasteiger partial charge is 0.379 e. The number of rotatable bonds is 44. The predicted octanol–water partition coefficient (Wildman–Crippen LogP) is 2.34. The molecule has 0 aromatic rings. The smallest absolute Gasteiger partial charge is 0.0701 e. The molecule has 0 spiro atoms. The predicted molar refractivity (Wildman–Crippen MR) is 183 cm³/mol. The molecule has 0 amide bonds. The third-order valence-electron chi connectivity index (χ3n) is 6.29. The van der Waals surface area contributed by atoms with Crippen LogP contribution in [0.15, 0.2) is 0 Å². The van der Waals surface area contributed by atoms with E-state index in [1.807, 2.05) is 14.1 Å². The van der Waals surface area contributed by atoms with E-state index < -0.39 is 0 Å². The molecule has 0 aromatic heterocycles. The Morgan fingerprint density at radius 2 is 0.458 bits per heavy atom. The van der Waals surface area contributed by atoms with Crippen LogP contribution in [0.2, 0.25) is 0 Å². The fourth-order valence-electron chi connectivity index (χ4n) is 3.62. The highest BCUT2D eigenvalue weighted by molar-refractivity contribution is 4.42. The van der Waals surface area contributed by atoms with E-state index in [4.69, 9.17) is 61.6 Å². The molecule has 0 atom stereocenters. The average Bonchev–Trinajstić information content (AvgIpc) is 3.08. The summed E-state index contributed by atoms with van der Waals surface area (Å²) >= 11 is 0. The first kappa shape index (κ1) is 47.4. The zero-order valence-corrected chi connectivity index (χ0v) is 30.7. The van der Waals surface area contributed by atoms with Gasteiger partial charge >= 0.3 is 0 Å². The molecule has 0 saturated heterocycles. The van der Waals surface area contributed by atoms with Gasteiger partial charge in [0, 0.05) is 13.2 Å². The molecular formula is C34H71NO13. The van der Waals surface area contributed by atoms with Crippen LogP contribution in [0.3, 0.4) is 0 Å². The van der Waals surface area contributed by atoms with Crippen molar-refractivity contribution in [2.24, 2.45) is 0 Å². The van der Waals surface area contributed by atoms with Gasteiger partial charge in [-0.2, -0.15) is 0 Å². The van der Waals surface area contributed by atoms with Crippen LogP contribution in [0, 0.1) is 0 Å². The van der Waals surface area contributed by atoms with Crippen molar-refractivity contribution in [3.8, 4) is 0 Å². The molecule has 48 heavy (non-hydrogen) atoms. The lowest BCUT2D eigenvalue weighted by Crippen LogP contribution is -2.19. The highest BCUT2D eigenvalue weighted by atomic mass is 16.6. The molecule has 14 heteroatoms. The monoisotopic (exact) mass is 701 g/mol. The highest BCUT2D eigenvalue weighted by Gasteiger charge is 1.97. The number of ether oxygens (including phenoxy) is 13. The summed E-state index contributed by atoms with van der Waals surface area (Å²) in [7, 11) is 4.04. The molecule has 0 unspecified atom stereocenters. The Bertz CT molecular complexity index is 567. The maximum absolute atomic E-state index is 5.53. The van der Waals surface area contributed by atoms with E-state index in [2.05, 4.69) is 11.8 Å². The first-order valence-corrected chi connectivity index (χ1v) is 17.9. The topological polar surface area (TPSA) is 123 Å². The minimum atomic E-state index is 0.515. The molecule has 290 valence electrons. The molecule has 0 aromatic carbocycles. The zero-order valence-electron chi connectivity index (χ0n) is 30.7. The average molecular weight is 702 g/mol.